The quantitative estimate of drug-likeness (QED) is 0.260. The van der Waals surface area contributed by atoms with Crippen molar-refractivity contribution in [3.8, 4) is 0 Å². The normalized spacial score (nSPS) is 24.2. The fourth-order valence-electron chi connectivity index (χ4n) is 2.09. The predicted molar refractivity (Wildman–Crippen MR) is 80.2 cm³/mol. The highest BCUT2D eigenvalue weighted by Crippen LogP contribution is 2.57. The van der Waals surface area contributed by atoms with Crippen LogP contribution in [-0.2, 0) is 22.7 Å². The van der Waals surface area contributed by atoms with Crippen LogP contribution in [0.4, 0.5) is 0 Å². The van der Waals surface area contributed by atoms with Gasteiger partial charge in [0.05, 0.1) is 18.8 Å². The minimum Gasteiger partial charge on any atom is -0.370 e. The number of hydrogen-bond acceptors (Lipinski definition) is 5. The first-order valence-corrected chi connectivity index (χ1v) is 10.5. The van der Waals surface area contributed by atoms with E-state index in [9.17, 15) is 9.13 Å². The summed E-state index contributed by atoms with van der Waals surface area (Å²) in [6.45, 7) is 2.94. The second-order valence-corrected chi connectivity index (χ2v) is 8.67. The predicted octanol–water partition coefficient (Wildman–Crippen LogP) is 3.12. The third-order valence-corrected chi connectivity index (χ3v) is 5.64. The van der Waals surface area contributed by atoms with Crippen LogP contribution >= 0.6 is 15.6 Å². The molecular weight excluding hydrogens is 334 g/mol. The fraction of sp³-hybridized carbons (Fsp3) is 1.00. The minimum atomic E-state index is -5.02. The van der Waals surface area contributed by atoms with Gasteiger partial charge in [0.25, 0.3) is 0 Å². The number of phosphoric ester groups is 1. The molecule has 1 aliphatic heterocycles. The Morgan fingerprint density at radius 3 is 2.00 bits per heavy atom. The molecule has 0 saturated carbocycles. The summed E-state index contributed by atoms with van der Waals surface area (Å²) in [7, 11) is -9.69. The Bertz CT molecular complexity index is 417. The van der Waals surface area contributed by atoms with Crippen molar-refractivity contribution in [2.75, 3.05) is 13.2 Å². The lowest BCUT2D eigenvalue weighted by Crippen LogP contribution is -2.02. The highest BCUT2D eigenvalue weighted by molar-refractivity contribution is 7.60. The van der Waals surface area contributed by atoms with Crippen LogP contribution in [-0.4, -0.2) is 33.5 Å². The summed E-state index contributed by atoms with van der Waals surface area (Å²) in [6, 6.07) is 0. The molecule has 132 valence electrons. The number of epoxide rings is 1. The van der Waals surface area contributed by atoms with Crippen molar-refractivity contribution in [2.24, 2.45) is 0 Å². The van der Waals surface area contributed by atoms with Crippen LogP contribution in [0.25, 0.3) is 0 Å². The SMILES string of the molecule is CC1(CCCCCCCCCOP(=O)(O)OP(=O)(O)O)CO1. The number of unbranched alkanes of at least 4 members (excludes halogenated alkanes) is 6. The Balaban J connectivity index is 1.88. The molecule has 8 nitrogen and oxygen atoms in total. The molecule has 2 unspecified atom stereocenters. The zero-order valence-electron chi connectivity index (χ0n) is 12.8. The molecule has 1 rings (SSSR count). The molecule has 3 N–H and O–H groups in total. The Morgan fingerprint density at radius 1 is 1.00 bits per heavy atom. The Morgan fingerprint density at radius 2 is 1.50 bits per heavy atom. The maximum atomic E-state index is 11.1. The molecule has 2 atom stereocenters. The van der Waals surface area contributed by atoms with E-state index in [1.807, 2.05) is 0 Å². The van der Waals surface area contributed by atoms with Gasteiger partial charge >= 0.3 is 15.6 Å². The lowest BCUT2D eigenvalue weighted by molar-refractivity contribution is 0.175. The van der Waals surface area contributed by atoms with Crippen LogP contribution in [0.5, 0.6) is 0 Å². The molecule has 0 bridgehead atoms. The summed E-state index contributed by atoms with van der Waals surface area (Å²) in [5.41, 5.74) is 0.144. The maximum Gasteiger partial charge on any atom is 0.481 e. The van der Waals surface area contributed by atoms with E-state index in [0.29, 0.717) is 6.42 Å². The molecule has 1 aliphatic rings. The second kappa shape index (κ2) is 8.90. The first-order chi connectivity index (χ1) is 10.1. The summed E-state index contributed by atoms with van der Waals surface area (Å²) in [5, 5.41) is 0. The molecule has 0 aromatic rings. The second-order valence-electron chi connectivity index (χ2n) is 5.84. The van der Waals surface area contributed by atoms with E-state index in [1.54, 1.807) is 0 Å². The molecule has 0 aliphatic carbocycles. The summed E-state index contributed by atoms with van der Waals surface area (Å²) in [6.07, 6.45) is 8.07. The van der Waals surface area contributed by atoms with E-state index >= 15 is 0 Å². The molecule has 0 amide bonds. The van der Waals surface area contributed by atoms with Gasteiger partial charge < -0.3 is 19.4 Å². The highest BCUT2D eigenvalue weighted by Gasteiger charge is 2.37. The topological polar surface area (TPSA) is 126 Å². The summed E-state index contributed by atoms with van der Waals surface area (Å²) in [5.74, 6) is 0. The molecule has 10 heteroatoms. The standard InChI is InChI=1S/C12H26O8P2/c1-12(11-18-12)9-7-5-3-2-4-6-8-10-19-22(16,17)20-21(13,14)15/h2-11H2,1H3,(H,16,17)(H2,13,14,15). The van der Waals surface area contributed by atoms with E-state index < -0.39 is 15.6 Å². The Hall–Kier alpha value is 0.220. The van der Waals surface area contributed by atoms with Gasteiger partial charge in [-0.2, -0.15) is 4.31 Å². The van der Waals surface area contributed by atoms with E-state index in [2.05, 4.69) is 15.8 Å². The fourth-order valence-corrected chi connectivity index (χ4v) is 3.71. The van der Waals surface area contributed by atoms with Gasteiger partial charge in [0.2, 0.25) is 0 Å². The maximum absolute atomic E-state index is 11.1. The minimum absolute atomic E-state index is 0.0660. The van der Waals surface area contributed by atoms with Crippen LogP contribution in [0, 0.1) is 0 Å². The zero-order valence-corrected chi connectivity index (χ0v) is 14.6. The smallest absolute Gasteiger partial charge is 0.370 e. The largest absolute Gasteiger partial charge is 0.481 e. The van der Waals surface area contributed by atoms with Crippen molar-refractivity contribution in [1.29, 1.82) is 0 Å². The summed E-state index contributed by atoms with van der Waals surface area (Å²) < 4.78 is 35.0. The first kappa shape index (κ1) is 20.3. The molecule has 0 spiro atoms. The number of ether oxygens (including phenoxy) is 1. The van der Waals surface area contributed by atoms with Gasteiger partial charge in [-0.05, 0) is 19.8 Å². The number of hydrogen-bond donors (Lipinski definition) is 3. The average molecular weight is 360 g/mol. The van der Waals surface area contributed by atoms with Crippen molar-refractivity contribution in [1.82, 2.24) is 0 Å². The Labute approximate surface area is 131 Å². The van der Waals surface area contributed by atoms with Gasteiger partial charge in [0.1, 0.15) is 0 Å². The Kier molecular flexibility index (Phi) is 8.20. The van der Waals surface area contributed by atoms with Gasteiger partial charge in [-0.1, -0.05) is 38.5 Å². The van der Waals surface area contributed by atoms with E-state index in [-0.39, 0.29) is 12.2 Å². The van der Waals surface area contributed by atoms with Gasteiger partial charge in [-0.15, -0.1) is 0 Å². The van der Waals surface area contributed by atoms with Crippen LogP contribution < -0.4 is 0 Å². The number of phosphoric acid groups is 2. The lowest BCUT2D eigenvalue weighted by Gasteiger charge is -2.12. The molecule has 0 aromatic carbocycles. The van der Waals surface area contributed by atoms with Crippen molar-refractivity contribution >= 4 is 15.6 Å². The first-order valence-electron chi connectivity index (χ1n) is 7.50. The van der Waals surface area contributed by atoms with Gasteiger partial charge in [-0.3, -0.25) is 4.52 Å². The summed E-state index contributed by atoms with van der Waals surface area (Å²) >= 11 is 0. The van der Waals surface area contributed by atoms with Crippen molar-refractivity contribution in [2.45, 2.75) is 63.9 Å². The van der Waals surface area contributed by atoms with Crippen molar-refractivity contribution in [3.63, 3.8) is 0 Å². The third kappa shape index (κ3) is 10.9. The highest BCUT2D eigenvalue weighted by atomic mass is 31.3. The van der Waals surface area contributed by atoms with Crippen LogP contribution in [0.3, 0.4) is 0 Å². The molecule has 1 heterocycles. The van der Waals surface area contributed by atoms with Gasteiger partial charge in [0.15, 0.2) is 0 Å². The van der Waals surface area contributed by atoms with Crippen LogP contribution in [0.1, 0.15) is 58.3 Å². The molecule has 1 fully saturated rings. The monoisotopic (exact) mass is 360 g/mol. The van der Waals surface area contributed by atoms with Crippen LogP contribution in [0.15, 0.2) is 0 Å². The van der Waals surface area contributed by atoms with E-state index in [1.165, 1.54) is 12.8 Å². The van der Waals surface area contributed by atoms with E-state index in [4.69, 9.17) is 19.4 Å². The lowest BCUT2D eigenvalue weighted by atomic mass is 10.0. The molecular formula is C12H26O8P2. The van der Waals surface area contributed by atoms with Crippen molar-refractivity contribution in [3.05, 3.63) is 0 Å². The van der Waals surface area contributed by atoms with Crippen LogP contribution in [0.2, 0.25) is 0 Å². The number of rotatable bonds is 13. The zero-order chi connectivity index (χ0) is 16.7. The van der Waals surface area contributed by atoms with Gasteiger partial charge in [-0.25, -0.2) is 9.13 Å². The third-order valence-electron chi connectivity index (χ3n) is 3.45. The van der Waals surface area contributed by atoms with E-state index in [0.717, 1.165) is 38.7 Å². The average Bonchev–Trinajstić information content (AvgIpc) is 3.07. The summed E-state index contributed by atoms with van der Waals surface area (Å²) in [4.78, 5) is 25.9. The molecule has 22 heavy (non-hydrogen) atoms. The van der Waals surface area contributed by atoms with Crippen molar-refractivity contribution < 1.29 is 37.4 Å². The molecule has 1 saturated heterocycles. The molecule has 0 radical (unpaired) electrons. The molecule has 0 aromatic heterocycles. The van der Waals surface area contributed by atoms with Gasteiger partial charge in [0, 0.05) is 0 Å².